The summed E-state index contributed by atoms with van der Waals surface area (Å²) in [6.07, 6.45) is 45.5. The van der Waals surface area contributed by atoms with E-state index in [9.17, 15) is 0 Å². The van der Waals surface area contributed by atoms with Crippen LogP contribution in [0.25, 0.3) is 0 Å². The molecule has 0 N–H and O–H groups in total. The van der Waals surface area contributed by atoms with E-state index in [1.54, 1.807) is 0 Å². The third-order valence-electron chi connectivity index (χ3n) is 9.97. The Hall–Kier alpha value is 0.170. The molecule has 280 valence electrons. The molecule has 0 aliphatic heterocycles. The number of nitrogens with zero attached hydrogens (tertiary/aromatic N) is 1. The minimum Gasteiger partial charge on any atom is -1.00 e. The number of rotatable bonds is 40. The summed E-state index contributed by atoms with van der Waals surface area (Å²) < 4.78 is 12.9. The maximum atomic E-state index is 5.98. The van der Waals surface area contributed by atoms with Gasteiger partial charge < -0.3 is 26.4 Å². The van der Waals surface area contributed by atoms with Gasteiger partial charge in [0, 0.05) is 13.2 Å². The molecule has 0 aromatic rings. The molecule has 0 unspecified atom stereocenters. The normalized spacial score (nSPS) is 11.7. The van der Waals surface area contributed by atoms with E-state index in [4.69, 9.17) is 9.47 Å². The molecule has 0 heterocycles. The maximum absolute atomic E-state index is 5.98. The summed E-state index contributed by atoms with van der Waals surface area (Å²) in [5.41, 5.74) is 0. The molecule has 0 radical (unpaired) electrons. The average molecular weight is 675 g/mol. The van der Waals surface area contributed by atoms with Crippen LogP contribution in [0.3, 0.4) is 0 Å². The van der Waals surface area contributed by atoms with E-state index in [1.165, 1.54) is 205 Å². The lowest BCUT2D eigenvalue weighted by atomic mass is 10.0. The Bertz CT molecular complexity index is 486. The molecule has 0 aliphatic carbocycles. The van der Waals surface area contributed by atoms with E-state index in [0.717, 1.165) is 44.0 Å². The van der Waals surface area contributed by atoms with Gasteiger partial charge in [0.05, 0.1) is 27.3 Å². The number of ether oxygens (including phenoxy) is 2. The quantitative estimate of drug-likeness (QED) is 0.0476. The number of unbranched alkanes of at least 4 members (excludes halogenated alkanes) is 30. The SMILES string of the molecule is CCCCCCCCCCCCCCCCCCOCC[N+](C)(C)CCOCCCCCCCCCCCCCCCCCC.[Cl-]. The molecule has 0 bridgehead atoms. The Morgan fingerprint density at radius 2 is 0.478 bits per heavy atom. The van der Waals surface area contributed by atoms with Gasteiger partial charge in [0.25, 0.3) is 0 Å². The summed E-state index contributed by atoms with van der Waals surface area (Å²) >= 11 is 0. The second-order valence-corrected chi connectivity index (χ2v) is 15.2. The summed E-state index contributed by atoms with van der Waals surface area (Å²) in [5.74, 6) is 0. The molecular formula is C42H88ClNO2. The molecule has 0 amide bonds. The number of hydrogen-bond donors (Lipinski definition) is 0. The highest BCUT2D eigenvalue weighted by molar-refractivity contribution is 4.52. The van der Waals surface area contributed by atoms with Crippen molar-refractivity contribution in [2.45, 2.75) is 219 Å². The van der Waals surface area contributed by atoms with Gasteiger partial charge in [-0.25, -0.2) is 0 Å². The first-order valence-electron chi connectivity index (χ1n) is 21.1. The fraction of sp³-hybridized carbons (Fsp3) is 1.00. The van der Waals surface area contributed by atoms with Gasteiger partial charge in [-0.15, -0.1) is 0 Å². The van der Waals surface area contributed by atoms with Crippen molar-refractivity contribution < 1.29 is 26.4 Å². The molecule has 0 rings (SSSR count). The highest BCUT2D eigenvalue weighted by Crippen LogP contribution is 2.15. The highest BCUT2D eigenvalue weighted by Gasteiger charge is 2.14. The minimum absolute atomic E-state index is 0. The van der Waals surface area contributed by atoms with E-state index in [1.807, 2.05) is 0 Å². The predicted octanol–water partition coefficient (Wildman–Crippen LogP) is 10.6. The van der Waals surface area contributed by atoms with Crippen LogP contribution in [0.2, 0.25) is 0 Å². The third kappa shape index (κ3) is 42.2. The van der Waals surface area contributed by atoms with Gasteiger partial charge in [-0.3, -0.25) is 0 Å². The zero-order chi connectivity index (χ0) is 32.8. The van der Waals surface area contributed by atoms with Crippen LogP contribution in [0.4, 0.5) is 0 Å². The topological polar surface area (TPSA) is 18.5 Å². The fourth-order valence-corrected chi connectivity index (χ4v) is 6.44. The Kier molecular flexibility index (Phi) is 43.4. The molecule has 46 heavy (non-hydrogen) atoms. The summed E-state index contributed by atoms with van der Waals surface area (Å²) in [4.78, 5) is 0. The van der Waals surface area contributed by atoms with Crippen LogP contribution in [-0.2, 0) is 9.47 Å². The van der Waals surface area contributed by atoms with Crippen LogP contribution in [0, 0.1) is 0 Å². The lowest BCUT2D eigenvalue weighted by Crippen LogP contribution is -3.00. The second kappa shape index (κ2) is 41.3. The number of halogens is 1. The smallest absolute Gasteiger partial charge is 0.102 e. The van der Waals surface area contributed by atoms with Crippen molar-refractivity contribution in [1.29, 1.82) is 0 Å². The van der Waals surface area contributed by atoms with Crippen molar-refractivity contribution in [3.8, 4) is 0 Å². The van der Waals surface area contributed by atoms with Gasteiger partial charge in [0.15, 0.2) is 0 Å². The Morgan fingerprint density at radius 3 is 0.696 bits per heavy atom. The molecule has 0 saturated carbocycles. The Labute approximate surface area is 298 Å². The van der Waals surface area contributed by atoms with Gasteiger partial charge in [-0.05, 0) is 12.8 Å². The number of likely N-dealkylation sites (N-methyl/N-ethyl adjacent to an activating group) is 1. The van der Waals surface area contributed by atoms with Crippen molar-refractivity contribution in [3.05, 3.63) is 0 Å². The first-order chi connectivity index (χ1) is 22.1. The molecule has 4 heteroatoms. The molecule has 0 aliphatic rings. The average Bonchev–Trinajstić information content (AvgIpc) is 3.03. The minimum atomic E-state index is 0. The van der Waals surface area contributed by atoms with Crippen LogP contribution >= 0.6 is 0 Å². The first-order valence-corrected chi connectivity index (χ1v) is 21.1. The highest BCUT2D eigenvalue weighted by atomic mass is 35.5. The van der Waals surface area contributed by atoms with Crippen molar-refractivity contribution >= 4 is 0 Å². The van der Waals surface area contributed by atoms with Crippen LogP contribution in [0.5, 0.6) is 0 Å². The van der Waals surface area contributed by atoms with Crippen LogP contribution in [0.15, 0.2) is 0 Å². The van der Waals surface area contributed by atoms with Crippen molar-refractivity contribution in [2.75, 3.05) is 53.6 Å². The molecule has 0 aromatic carbocycles. The summed E-state index contributed by atoms with van der Waals surface area (Å²) in [6, 6.07) is 0. The van der Waals surface area contributed by atoms with Gasteiger partial charge in [-0.2, -0.15) is 0 Å². The maximum Gasteiger partial charge on any atom is 0.102 e. The van der Waals surface area contributed by atoms with Gasteiger partial charge in [0.1, 0.15) is 13.1 Å². The standard InChI is InChI=1S/C42H88NO2.ClH/c1-5-7-9-11-13-15-17-19-21-23-25-27-29-31-33-35-39-44-41-37-43(3,4)38-42-45-40-36-34-32-30-28-26-24-22-20-18-16-14-12-10-8-6-2;/h5-42H2,1-4H3;1H/q+1;/p-1. The van der Waals surface area contributed by atoms with Gasteiger partial charge >= 0.3 is 0 Å². The molecule has 0 spiro atoms. The van der Waals surface area contributed by atoms with E-state index in [2.05, 4.69) is 27.9 Å². The van der Waals surface area contributed by atoms with Crippen molar-refractivity contribution in [3.63, 3.8) is 0 Å². The molecule has 0 aromatic heterocycles. The lowest BCUT2D eigenvalue weighted by molar-refractivity contribution is -0.891. The largest absolute Gasteiger partial charge is 1.00 e. The van der Waals surface area contributed by atoms with Gasteiger partial charge in [0.2, 0.25) is 0 Å². The Balaban J connectivity index is 0. The second-order valence-electron chi connectivity index (χ2n) is 15.2. The zero-order valence-corrected chi connectivity index (χ0v) is 33.3. The van der Waals surface area contributed by atoms with Crippen LogP contribution < -0.4 is 12.4 Å². The monoisotopic (exact) mass is 674 g/mol. The van der Waals surface area contributed by atoms with E-state index in [0.29, 0.717) is 0 Å². The molecule has 3 nitrogen and oxygen atoms in total. The first kappa shape index (κ1) is 48.3. The van der Waals surface area contributed by atoms with Gasteiger partial charge in [-0.1, -0.05) is 206 Å². The lowest BCUT2D eigenvalue weighted by Gasteiger charge is -2.29. The van der Waals surface area contributed by atoms with E-state index < -0.39 is 0 Å². The molecule has 0 atom stereocenters. The molecule has 0 fully saturated rings. The van der Waals surface area contributed by atoms with Crippen LogP contribution in [0.1, 0.15) is 219 Å². The van der Waals surface area contributed by atoms with Crippen molar-refractivity contribution in [2.24, 2.45) is 0 Å². The molecular weight excluding hydrogens is 586 g/mol. The van der Waals surface area contributed by atoms with Crippen LogP contribution in [-0.4, -0.2) is 58.1 Å². The summed E-state index contributed by atoms with van der Waals surface area (Å²) in [6.45, 7) is 10.4. The summed E-state index contributed by atoms with van der Waals surface area (Å²) in [5, 5.41) is 0. The van der Waals surface area contributed by atoms with E-state index in [-0.39, 0.29) is 12.4 Å². The predicted molar refractivity (Wildman–Crippen MR) is 203 cm³/mol. The summed E-state index contributed by atoms with van der Waals surface area (Å²) in [7, 11) is 4.63. The Morgan fingerprint density at radius 1 is 0.283 bits per heavy atom. The van der Waals surface area contributed by atoms with Crippen molar-refractivity contribution in [1.82, 2.24) is 0 Å². The van der Waals surface area contributed by atoms with E-state index >= 15 is 0 Å². The number of hydrogen-bond acceptors (Lipinski definition) is 2. The number of quaternary nitrogens is 1. The zero-order valence-electron chi connectivity index (χ0n) is 32.5. The third-order valence-corrected chi connectivity index (χ3v) is 9.97. The molecule has 0 saturated heterocycles. The fourth-order valence-electron chi connectivity index (χ4n) is 6.44.